The number of amides is 1. The van der Waals surface area contributed by atoms with Crippen molar-refractivity contribution < 1.29 is 18.3 Å². The fraction of sp³-hybridized carbons (Fsp3) is 0.360. The number of hydrogen-bond acceptors (Lipinski definition) is 6. The Morgan fingerprint density at radius 3 is 2.74 bits per heavy atom. The number of oxazole rings is 1. The summed E-state index contributed by atoms with van der Waals surface area (Å²) >= 11 is 0. The van der Waals surface area contributed by atoms with Gasteiger partial charge < -0.3 is 14.5 Å². The first-order chi connectivity index (χ1) is 16.0. The number of aryl methyl sites for hydroxylation is 1. The molecule has 8 nitrogen and oxygen atoms in total. The van der Waals surface area contributed by atoms with Gasteiger partial charge in [0, 0.05) is 23.5 Å². The van der Waals surface area contributed by atoms with E-state index >= 15 is 0 Å². The summed E-state index contributed by atoms with van der Waals surface area (Å²) in [7, 11) is 0. The van der Waals surface area contributed by atoms with E-state index in [1.54, 1.807) is 19.3 Å². The summed E-state index contributed by atoms with van der Waals surface area (Å²) in [6, 6.07) is 6.26. The molecule has 9 heteroatoms. The van der Waals surface area contributed by atoms with Crippen molar-refractivity contribution in [3.05, 3.63) is 65.4 Å². The third kappa shape index (κ3) is 5.14. The predicted molar refractivity (Wildman–Crippen MR) is 127 cm³/mol. The lowest BCUT2D eigenvalue weighted by Gasteiger charge is -2.17. The molecule has 1 N–H and O–H groups in total. The maximum absolute atomic E-state index is 14.7. The normalized spacial score (nSPS) is 12.0. The van der Waals surface area contributed by atoms with Gasteiger partial charge in [0.15, 0.2) is 5.65 Å². The largest absolute Gasteiger partial charge is 0.433 e. The van der Waals surface area contributed by atoms with Gasteiger partial charge in [-0.05, 0) is 63.4 Å². The van der Waals surface area contributed by atoms with Crippen LogP contribution in [0.1, 0.15) is 68.2 Å². The number of carbonyl (C=O) groups is 1. The maximum atomic E-state index is 14.7. The van der Waals surface area contributed by atoms with Crippen LogP contribution in [0.4, 0.5) is 10.1 Å². The van der Waals surface area contributed by atoms with Gasteiger partial charge in [-0.25, -0.2) is 19.0 Å². The van der Waals surface area contributed by atoms with E-state index in [1.165, 1.54) is 22.9 Å². The van der Waals surface area contributed by atoms with E-state index in [-0.39, 0.29) is 23.7 Å². The Morgan fingerprint density at radius 1 is 1.26 bits per heavy atom. The van der Waals surface area contributed by atoms with Crippen molar-refractivity contribution in [2.45, 2.75) is 59.7 Å². The number of benzene rings is 1. The van der Waals surface area contributed by atoms with Gasteiger partial charge in [0.05, 0.1) is 11.3 Å². The number of fused-ring (bicyclic) bond motifs is 1. The van der Waals surface area contributed by atoms with Crippen LogP contribution >= 0.6 is 0 Å². The van der Waals surface area contributed by atoms with Gasteiger partial charge in [-0.3, -0.25) is 4.79 Å². The second-order valence-electron chi connectivity index (χ2n) is 9.45. The van der Waals surface area contributed by atoms with Crippen molar-refractivity contribution in [2.75, 3.05) is 5.32 Å². The summed E-state index contributed by atoms with van der Waals surface area (Å²) in [6.07, 6.45) is 3.50. The molecule has 34 heavy (non-hydrogen) atoms. The molecule has 0 bridgehead atoms. The van der Waals surface area contributed by atoms with Gasteiger partial charge in [-0.1, -0.05) is 13.8 Å². The van der Waals surface area contributed by atoms with Crippen LogP contribution in [0.5, 0.6) is 0 Å². The molecule has 178 valence electrons. The lowest BCUT2D eigenvalue weighted by Crippen LogP contribution is -2.18. The summed E-state index contributed by atoms with van der Waals surface area (Å²) < 4.78 is 27.4. The quantitative estimate of drug-likeness (QED) is 0.401. The van der Waals surface area contributed by atoms with Crippen LogP contribution in [0.25, 0.3) is 16.7 Å². The highest BCUT2D eigenvalue weighted by Crippen LogP contribution is 2.24. The number of anilines is 1. The number of ether oxygens (including phenoxy) is 1. The van der Waals surface area contributed by atoms with Crippen LogP contribution in [-0.2, 0) is 11.3 Å². The number of halogens is 1. The minimum Gasteiger partial charge on any atom is -0.433 e. The lowest BCUT2D eigenvalue weighted by atomic mass is 10.1. The summed E-state index contributed by atoms with van der Waals surface area (Å²) in [5, 5.41) is 7.94. The highest BCUT2D eigenvalue weighted by molar-refractivity contribution is 6.03. The van der Waals surface area contributed by atoms with E-state index < -0.39 is 11.7 Å². The first-order valence-corrected chi connectivity index (χ1v) is 11.1. The Morgan fingerprint density at radius 2 is 2.03 bits per heavy atom. The first kappa shape index (κ1) is 23.6. The van der Waals surface area contributed by atoms with Gasteiger partial charge >= 0.3 is 0 Å². The summed E-state index contributed by atoms with van der Waals surface area (Å²) in [5.41, 5.74) is 2.25. The van der Waals surface area contributed by atoms with E-state index in [0.717, 1.165) is 10.9 Å². The Balaban J connectivity index is 1.56. The van der Waals surface area contributed by atoms with Gasteiger partial charge in [0.25, 0.3) is 5.91 Å². The fourth-order valence-corrected chi connectivity index (χ4v) is 3.33. The zero-order chi connectivity index (χ0) is 24.6. The first-order valence-electron chi connectivity index (χ1n) is 11.1. The lowest BCUT2D eigenvalue weighted by molar-refractivity contribution is -0.0245. The molecule has 0 fully saturated rings. The van der Waals surface area contributed by atoms with Crippen molar-refractivity contribution in [3.63, 3.8) is 0 Å². The Labute approximate surface area is 197 Å². The number of aromatic nitrogens is 4. The number of carbonyl (C=O) groups excluding carboxylic acids is 1. The van der Waals surface area contributed by atoms with Crippen LogP contribution in [-0.4, -0.2) is 31.3 Å². The molecule has 0 saturated heterocycles. The number of nitrogens with one attached hydrogen (secondary N) is 1. The SMILES string of the molecule is Cc1nc(COC(C)(C)C)oc1C(=O)Nc1ccc(F)c(-n2cc3cc(C(C)C)cnc3n2)c1. The van der Waals surface area contributed by atoms with Crippen molar-refractivity contribution in [1.82, 2.24) is 19.7 Å². The van der Waals surface area contributed by atoms with Crippen LogP contribution in [0, 0.1) is 12.7 Å². The third-order valence-electron chi connectivity index (χ3n) is 5.17. The maximum Gasteiger partial charge on any atom is 0.293 e. The van der Waals surface area contributed by atoms with Crippen LogP contribution in [0.2, 0.25) is 0 Å². The molecule has 4 rings (SSSR count). The molecule has 0 unspecified atom stereocenters. The molecule has 3 aromatic heterocycles. The molecule has 4 aromatic rings. The molecular weight excluding hydrogens is 437 g/mol. The van der Waals surface area contributed by atoms with Crippen LogP contribution < -0.4 is 5.32 Å². The molecule has 0 aliphatic carbocycles. The predicted octanol–water partition coefficient (Wildman–Crippen LogP) is 5.55. The van der Waals surface area contributed by atoms with Gasteiger partial charge in [0.2, 0.25) is 11.7 Å². The topological polar surface area (TPSA) is 95.1 Å². The molecular formula is C25H28FN5O3. The van der Waals surface area contributed by atoms with Crippen molar-refractivity contribution in [3.8, 4) is 5.69 Å². The van der Waals surface area contributed by atoms with Crippen molar-refractivity contribution >= 4 is 22.6 Å². The van der Waals surface area contributed by atoms with Crippen LogP contribution in [0.15, 0.2) is 41.1 Å². The standard InChI is InChI=1S/C25H28FN5O3/c1-14(2)16-9-17-12-31(30-23(17)27-11-16)20-10-18(7-8-19(20)26)29-24(32)22-15(3)28-21(34-22)13-33-25(4,5)6/h7-12,14H,13H2,1-6H3,(H,29,32). The fourth-order valence-electron chi connectivity index (χ4n) is 3.33. The number of hydrogen-bond donors (Lipinski definition) is 1. The minimum atomic E-state index is -0.488. The summed E-state index contributed by atoms with van der Waals surface area (Å²) in [4.78, 5) is 21.5. The minimum absolute atomic E-state index is 0.0774. The Hall–Kier alpha value is -3.59. The molecule has 0 radical (unpaired) electrons. The number of nitrogens with zero attached hydrogens (tertiary/aromatic N) is 4. The third-order valence-corrected chi connectivity index (χ3v) is 5.17. The molecule has 0 aliphatic heterocycles. The molecule has 0 spiro atoms. The second-order valence-corrected chi connectivity index (χ2v) is 9.45. The Kier molecular flexibility index (Phi) is 6.22. The van der Waals surface area contributed by atoms with Gasteiger partial charge in [-0.2, -0.15) is 0 Å². The number of rotatable bonds is 6. The van der Waals surface area contributed by atoms with E-state index in [1.807, 2.05) is 26.8 Å². The van der Waals surface area contributed by atoms with E-state index in [9.17, 15) is 9.18 Å². The van der Waals surface area contributed by atoms with Gasteiger partial charge in [0.1, 0.15) is 18.1 Å². The zero-order valence-corrected chi connectivity index (χ0v) is 20.1. The summed E-state index contributed by atoms with van der Waals surface area (Å²) in [6.45, 7) is 11.8. The monoisotopic (exact) mass is 465 g/mol. The molecule has 1 amide bonds. The highest BCUT2D eigenvalue weighted by Gasteiger charge is 2.20. The van der Waals surface area contributed by atoms with E-state index in [2.05, 4.69) is 34.2 Å². The molecule has 0 saturated carbocycles. The molecule has 0 atom stereocenters. The highest BCUT2D eigenvalue weighted by atomic mass is 19.1. The number of pyridine rings is 1. The Bertz CT molecular complexity index is 1350. The van der Waals surface area contributed by atoms with Crippen molar-refractivity contribution in [1.29, 1.82) is 0 Å². The molecule has 3 heterocycles. The van der Waals surface area contributed by atoms with Gasteiger partial charge in [-0.15, -0.1) is 5.10 Å². The smallest absolute Gasteiger partial charge is 0.293 e. The van der Waals surface area contributed by atoms with Crippen LogP contribution in [0.3, 0.4) is 0 Å². The van der Waals surface area contributed by atoms with E-state index in [0.29, 0.717) is 28.8 Å². The molecule has 0 aliphatic rings. The zero-order valence-electron chi connectivity index (χ0n) is 20.1. The average Bonchev–Trinajstić information content (AvgIpc) is 3.35. The summed E-state index contributed by atoms with van der Waals surface area (Å²) in [5.74, 6) is -0.260. The van der Waals surface area contributed by atoms with Crippen molar-refractivity contribution in [2.24, 2.45) is 0 Å². The second kappa shape index (κ2) is 8.98. The molecule has 1 aromatic carbocycles. The average molecular weight is 466 g/mol. The van der Waals surface area contributed by atoms with E-state index in [4.69, 9.17) is 9.15 Å².